The lowest BCUT2D eigenvalue weighted by atomic mass is 10.1. The molecule has 0 spiro atoms. The van der Waals surface area contributed by atoms with E-state index in [4.69, 9.17) is 9.15 Å². The summed E-state index contributed by atoms with van der Waals surface area (Å²) >= 11 is 0. The van der Waals surface area contributed by atoms with Crippen LogP contribution in [0.3, 0.4) is 0 Å². The van der Waals surface area contributed by atoms with Crippen LogP contribution in [0.15, 0.2) is 40.8 Å². The maximum Gasteiger partial charge on any atom is 0.414 e. The molecule has 0 radical (unpaired) electrons. The van der Waals surface area contributed by atoms with Gasteiger partial charge in [0.15, 0.2) is 0 Å². The maximum atomic E-state index is 12.6. The normalized spacial score (nSPS) is 18.3. The Hall–Kier alpha value is -2.80. The van der Waals surface area contributed by atoms with Gasteiger partial charge in [-0.25, -0.2) is 4.79 Å². The molecule has 1 aromatic heterocycles. The van der Waals surface area contributed by atoms with E-state index in [1.165, 1.54) is 12.8 Å². The first-order valence-electron chi connectivity index (χ1n) is 9.75. The minimum atomic E-state index is -0.348. The van der Waals surface area contributed by atoms with Gasteiger partial charge in [-0.15, -0.1) is 0 Å². The Morgan fingerprint density at radius 3 is 2.46 bits per heavy atom. The van der Waals surface area contributed by atoms with E-state index in [0.29, 0.717) is 25.3 Å². The highest BCUT2D eigenvalue weighted by molar-refractivity contribution is 5.95. The number of ether oxygens (including phenoxy) is 1. The Labute approximate surface area is 164 Å². The number of anilines is 1. The topological polar surface area (TPSA) is 75.0 Å². The molecule has 2 amide bonds. The number of furan rings is 1. The molecule has 1 N–H and O–H groups in total. The second-order valence-corrected chi connectivity index (χ2v) is 7.23. The number of amides is 2. The SMILES string of the molecule is Cc1ccc(C(CNC(=O)c2ccc(N3CCOC3=O)cc2)N2CCCC2)o1. The number of nitrogens with zero attached hydrogens (tertiary/aromatic N) is 2. The first-order chi connectivity index (χ1) is 13.6. The first-order valence-corrected chi connectivity index (χ1v) is 9.75. The van der Waals surface area contributed by atoms with Crippen molar-refractivity contribution in [3.8, 4) is 0 Å². The summed E-state index contributed by atoms with van der Waals surface area (Å²) in [6.07, 6.45) is 1.99. The van der Waals surface area contributed by atoms with Crippen molar-refractivity contribution < 1.29 is 18.7 Å². The minimum absolute atomic E-state index is 0.0405. The van der Waals surface area contributed by atoms with Crippen LogP contribution in [0.2, 0.25) is 0 Å². The molecule has 3 heterocycles. The quantitative estimate of drug-likeness (QED) is 0.830. The van der Waals surface area contributed by atoms with Gasteiger partial charge in [0.25, 0.3) is 5.91 Å². The van der Waals surface area contributed by atoms with E-state index in [2.05, 4.69) is 10.2 Å². The number of benzene rings is 1. The van der Waals surface area contributed by atoms with E-state index in [-0.39, 0.29) is 18.0 Å². The zero-order valence-electron chi connectivity index (χ0n) is 16.0. The fraction of sp³-hybridized carbons (Fsp3) is 0.429. The number of hydrogen-bond acceptors (Lipinski definition) is 5. The monoisotopic (exact) mass is 383 g/mol. The van der Waals surface area contributed by atoms with Gasteiger partial charge in [-0.05, 0) is 69.3 Å². The van der Waals surface area contributed by atoms with Crippen molar-refractivity contribution >= 4 is 17.7 Å². The van der Waals surface area contributed by atoms with E-state index in [1.807, 2.05) is 19.1 Å². The third kappa shape index (κ3) is 3.89. The summed E-state index contributed by atoms with van der Waals surface area (Å²) in [7, 11) is 0. The highest BCUT2D eigenvalue weighted by Gasteiger charge is 2.27. The molecule has 7 nitrogen and oxygen atoms in total. The molecule has 1 unspecified atom stereocenters. The van der Waals surface area contributed by atoms with Crippen LogP contribution in [0, 0.1) is 6.92 Å². The summed E-state index contributed by atoms with van der Waals surface area (Å²) in [6.45, 7) is 5.38. The predicted octanol–water partition coefficient (Wildman–Crippen LogP) is 3.11. The molecule has 4 rings (SSSR count). The van der Waals surface area contributed by atoms with Gasteiger partial charge in [0.05, 0.1) is 12.6 Å². The van der Waals surface area contributed by atoms with Crippen LogP contribution in [-0.4, -0.2) is 49.7 Å². The fourth-order valence-corrected chi connectivity index (χ4v) is 3.81. The molecule has 0 aliphatic carbocycles. The van der Waals surface area contributed by atoms with Gasteiger partial charge in [0.1, 0.15) is 18.1 Å². The van der Waals surface area contributed by atoms with Crippen LogP contribution in [0.1, 0.15) is 40.8 Å². The van der Waals surface area contributed by atoms with Crippen molar-refractivity contribution in [2.45, 2.75) is 25.8 Å². The molecule has 2 aliphatic heterocycles. The number of hydrogen-bond donors (Lipinski definition) is 1. The standard InChI is InChI=1S/C21H25N3O4/c1-15-4-9-19(28-15)18(23-10-2-3-11-23)14-22-20(25)16-5-7-17(8-6-16)24-12-13-27-21(24)26/h4-9,18H,2-3,10-14H2,1H3,(H,22,25). The van der Waals surface area contributed by atoms with Crippen LogP contribution >= 0.6 is 0 Å². The number of carbonyl (C=O) groups is 2. The molecule has 0 saturated carbocycles. The van der Waals surface area contributed by atoms with Crippen molar-refractivity contribution in [1.29, 1.82) is 0 Å². The summed E-state index contributed by atoms with van der Waals surface area (Å²) in [5.74, 6) is 1.63. The summed E-state index contributed by atoms with van der Waals surface area (Å²) in [6, 6.07) is 11.0. The van der Waals surface area contributed by atoms with E-state index < -0.39 is 0 Å². The maximum absolute atomic E-state index is 12.6. The van der Waals surface area contributed by atoms with Gasteiger partial charge in [-0.1, -0.05) is 0 Å². The highest BCUT2D eigenvalue weighted by atomic mass is 16.6. The van der Waals surface area contributed by atoms with Crippen molar-refractivity contribution in [2.75, 3.05) is 37.7 Å². The van der Waals surface area contributed by atoms with Crippen molar-refractivity contribution in [2.24, 2.45) is 0 Å². The zero-order valence-corrected chi connectivity index (χ0v) is 16.0. The fourth-order valence-electron chi connectivity index (χ4n) is 3.81. The highest BCUT2D eigenvalue weighted by Crippen LogP contribution is 2.26. The van der Waals surface area contributed by atoms with Crippen molar-refractivity contribution in [3.05, 3.63) is 53.5 Å². The lowest BCUT2D eigenvalue weighted by Gasteiger charge is -2.26. The number of carbonyl (C=O) groups excluding carboxylic acids is 2. The molecule has 2 aromatic rings. The number of cyclic esters (lactones) is 1. The summed E-state index contributed by atoms with van der Waals surface area (Å²) < 4.78 is 10.8. The number of aryl methyl sites for hydroxylation is 1. The molecular formula is C21H25N3O4. The molecule has 28 heavy (non-hydrogen) atoms. The van der Waals surface area contributed by atoms with Crippen LogP contribution in [0.5, 0.6) is 0 Å². The summed E-state index contributed by atoms with van der Waals surface area (Å²) in [4.78, 5) is 28.2. The largest absolute Gasteiger partial charge is 0.465 e. The van der Waals surface area contributed by atoms with E-state index in [0.717, 1.165) is 30.3 Å². The Bertz CT molecular complexity index is 840. The van der Waals surface area contributed by atoms with Crippen LogP contribution in [0.25, 0.3) is 0 Å². The number of rotatable bonds is 6. The van der Waals surface area contributed by atoms with E-state index >= 15 is 0 Å². The smallest absolute Gasteiger partial charge is 0.414 e. The molecule has 2 saturated heterocycles. The van der Waals surface area contributed by atoms with Gasteiger partial charge in [-0.3, -0.25) is 14.6 Å². The molecular weight excluding hydrogens is 358 g/mol. The van der Waals surface area contributed by atoms with E-state index in [1.54, 1.807) is 29.2 Å². The molecule has 7 heteroatoms. The molecule has 1 atom stereocenters. The Morgan fingerprint density at radius 1 is 1.11 bits per heavy atom. The lowest BCUT2D eigenvalue weighted by molar-refractivity contribution is 0.0933. The second-order valence-electron chi connectivity index (χ2n) is 7.23. The van der Waals surface area contributed by atoms with Crippen LogP contribution in [-0.2, 0) is 4.74 Å². The van der Waals surface area contributed by atoms with Gasteiger partial charge >= 0.3 is 6.09 Å². The molecule has 2 fully saturated rings. The minimum Gasteiger partial charge on any atom is -0.465 e. The summed E-state index contributed by atoms with van der Waals surface area (Å²) in [5, 5.41) is 3.04. The van der Waals surface area contributed by atoms with Gasteiger partial charge in [-0.2, -0.15) is 0 Å². The Kier molecular flexibility index (Phi) is 5.34. The van der Waals surface area contributed by atoms with Gasteiger partial charge in [0, 0.05) is 17.8 Å². The van der Waals surface area contributed by atoms with Gasteiger partial charge < -0.3 is 14.5 Å². The molecule has 1 aromatic carbocycles. The number of nitrogens with one attached hydrogen (secondary N) is 1. The third-order valence-electron chi connectivity index (χ3n) is 5.33. The first kappa shape index (κ1) is 18.6. The molecule has 2 aliphatic rings. The van der Waals surface area contributed by atoms with Crippen molar-refractivity contribution in [3.63, 3.8) is 0 Å². The molecule has 148 valence electrons. The molecule has 0 bridgehead atoms. The third-order valence-corrected chi connectivity index (χ3v) is 5.33. The van der Waals surface area contributed by atoms with Crippen LogP contribution < -0.4 is 10.2 Å². The van der Waals surface area contributed by atoms with Crippen LogP contribution in [0.4, 0.5) is 10.5 Å². The van der Waals surface area contributed by atoms with Crippen molar-refractivity contribution in [1.82, 2.24) is 10.2 Å². The average Bonchev–Trinajstić information content (AvgIpc) is 3.45. The number of likely N-dealkylation sites (tertiary alicyclic amines) is 1. The Balaban J connectivity index is 1.41. The zero-order chi connectivity index (χ0) is 19.5. The average molecular weight is 383 g/mol. The summed E-state index contributed by atoms with van der Waals surface area (Å²) in [5.41, 5.74) is 1.30. The van der Waals surface area contributed by atoms with Gasteiger partial charge in [0.2, 0.25) is 0 Å². The Morgan fingerprint density at radius 2 is 1.86 bits per heavy atom. The lowest BCUT2D eigenvalue weighted by Crippen LogP contribution is -2.36. The predicted molar refractivity (Wildman–Crippen MR) is 104 cm³/mol. The van der Waals surface area contributed by atoms with E-state index in [9.17, 15) is 9.59 Å². The second kappa shape index (κ2) is 8.06.